The lowest BCUT2D eigenvalue weighted by Gasteiger charge is -2.53. The van der Waals surface area contributed by atoms with E-state index in [9.17, 15) is 4.79 Å². The van der Waals surface area contributed by atoms with Gasteiger partial charge in [-0.1, -0.05) is 29.8 Å². The van der Waals surface area contributed by atoms with Gasteiger partial charge in [-0.15, -0.1) is 0 Å². The lowest BCUT2D eigenvalue weighted by atomic mass is 9.51. The minimum Gasteiger partial charge on any atom is -0.355 e. The molecule has 19 heavy (non-hydrogen) atoms. The van der Waals surface area contributed by atoms with Crippen molar-refractivity contribution < 1.29 is 4.79 Å². The third kappa shape index (κ3) is 2.72. The minimum absolute atomic E-state index is 0.333. The fourth-order valence-corrected chi connectivity index (χ4v) is 5.07. The van der Waals surface area contributed by atoms with E-state index in [-0.39, 0.29) is 0 Å². The van der Waals surface area contributed by atoms with E-state index in [0.29, 0.717) is 34.4 Å². The molecule has 0 aromatic carbocycles. The van der Waals surface area contributed by atoms with Gasteiger partial charge in [0.15, 0.2) is 0 Å². The molecule has 4 aliphatic carbocycles. The number of alkyl halides is 1. The summed E-state index contributed by atoms with van der Waals surface area (Å²) in [5.41, 5.74) is 0. The first-order valence-electron chi connectivity index (χ1n) is 7.96. The van der Waals surface area contributed by atoms with E-state index < -0.39 is 0 Å². The summed E-state index contributed by atoms with van der Waals surface area (Å²) in [6, 6.07) is 0. The number of nitrogens with one attached hydrogen (secondary N) is 1. The van der Waals surface area contributed by atoms with Crippen molar-refractivity contribution in [2.75, 3.05) is 6.54 Å². The van der Waals surface area contributed by atoms with Gasteiger partial charge >= 0.3 is 0 Å². The van der Waals surface area contributed by atoms with Crippen LogP contribution in [0.5, 0.6) is 0 Å². The molecular formula is C16H26BrNO. The minimum atomic E-state index is 0.333. The molecule has 4 rings (SSSR count). The first-order chi connectivity index (χ1) is 9.04. The molecule has 1 unspecified atom stereocenters. The van der Waals surface area contributed by atoms with Gasteiger partial charge in [0, 0.05) is 17.3 Å². The Morgan fingerprint density at radius 2 is 1.63 bits per heavy atom. The summed E-state index contributed by atoms with van der Waals surface area (Å²) in [7, 11) is 0. The van der Waals surface area contributed by atoms with E-state index in [1.165, 1.54) is 32.1 Å². The van der Waals surface area contributed by atoms with Crippen LogP contribution < -0.4 is 5.32 Å². The van der Waals surface area contributed by atoms with Gasteiger partial charge in [0.05, 0.1) is 0 Å². The van der Waals surface area contributed by atoms with Crippen molar-refractivity contribution in [2.24, 2.45) is 35.5 Å². The highest BCUT2D eigenvalue weighted by atomic mass is 79.9. The van der Waals surface area contributed by atoms with Crippen LogP contribution in [0, 0.1) is 35.5 Å². The van der Waals surface area contributed by atoms with Crippen LogP contribution in [-0.2, 0) is 4.79 Å². The average Bonchev–Trinajstić information content (AvgIpc) is 2.34. The zero-order chi connectivity index (χ0) is 13.6. The van der Waals surface area contributed by atoms with Crippen molar-refractivity contribution >= 4 is 21.8 Å². The van der Waals surface area contributed by atoms with Crippen molar-refractivity contribution in [3.8, 4) is 0 Å². The highest BCUT2D eigenvalue weighted by Crippen LogP contribution is 2.56. The second-order valence-corrected chi connectivity index (χ2v) is 8.64. The van der Waals surface area contributed by atoms with E-state index in [1.807, 2.05) is 0 Å². The Balaban J connectivity index is 1.58. The molecule has 4 aliphatic rings. The Kier molecular flexibility index (Phi) is 3.94. The van der Waals surface area contributed by atoms with E-state index in [4.69, 9.17) is 0 Å². The van der Waals surface area contributed by atoms with Crippen molar-refractivity contribution in [3.05, 3.63) is 0 Å². The topological polar surface area (TPSA) is 29.1 Å². The Morgan fingerprint density at radius 1 is 1.11 bits per heavy atom. The average molecular weight is 328 g/mol. The van der Waals surface area contributed by atoms with Crippen molar-refractivity contribution in [2.45, 2.75) is 50.8 Å². The first-order valence-corrected chi connectivity index (χ1v) is 8.88. The molecule has 0 radical (unpaired) electrons. The number of hydrogen-bond donors (Lipinski definition) is 1. The largest absolute Gasteiger partial charge is 0.355 e. The molecule has 4 fully saturated rings. The molecule has 0 spiro atoms. The third-order valence-corrected chi connectivity index (χ3v) is 7.11. The number of carbonyl (C=O) groups is 1. The number of hydrogen-bond acceptors (Lipinski definition) is 1. The van der Waals surface area contributed by atoms with Crippen LogP contribution >= 0.6 is 15.9 Å². The Bertz CT molecular complexity index is 327. The molecule has 3 heteroatoms. The summed E-state index contributed by atoms with van der Waals surface area (Å²) in [4.78, 5) is 12.9. The van der Waals surface area contributed by atoms with E-state index in [0.717, 1.165) is 18.4 Å². The van der Waals surface area contributed by atoms with Crippen LogP contribution in [-0.4, -0.2) is 17.3 Å². The molecule has 4 bridgehead atoms. The predicted octanol–water partition coefficient (Wildman–Crippen LogP) is 3.59. The van der Waals surface area contributed by atoms with Crippen LogP contribution in [0.4, 0.5) is 0 Å². The van der Waals surface area contributed by atoms with Crippen LogP contribution in [0.25, 0.3) is 0 Å². The van der Waals surface area contributed by atoms with Crippen molar-refractivity contribution in [1.29, 1.82) is 0 Å². The smallest absolute Gasteiger partial charge is 0.223 e. The molecule has 1 amide bonds. The Labute approximate surface area is 125 Å². The number of halogens is 1. The second-order valence-electron chi connectivity index (χ2n) is 7.46. The van der Waals surface area contributed by atoms with Gasteiger partial charge in [-0.2, -0.15) is 0 Å². The van der Waals surface area contributed by atoms with Gasteiger partial charge in [-0.3, -0.25) is 4.79 Å². The number of carbonyl (C=O) groups excluding carboxylic acids is 1. The van der Waals surface area contributed by atoms with Gasteiger partial charge in [0.1, 0.15) is 0 Å². The molecule has 4 saturated carbocycles. The van der Waals surface area contributed by atoms with Crippen LogP contribution in [0.1, 0.15) is 46.0 Å². The monoisotopic (exact) mass is 327 g/mol. The second kappa shape index (κ2) is 5.38. The van der Waals surface area contributed by atoms with E-state index in [2.05, 4.69) is 35.1 Å². The maximum Gasteiger partial charge on any atom is 0.223 e. The summed E-state index contributed by atoms with van der Waals surface area (Å²) in [5.74, 6) is 4.54. The summed E-state index contributed by atoms with van der Waals surface area (Å²) in [5, 5.41) is 3.21. The molecule has 0 heterocycles. The van der Waals surface area contributed by atoms with Gasteiger partial charge in [0.25, 0.3) is 0 Å². The van der Waals surface area contributed by atoms with E-state index in [1.54, 1.807) is 0 Å². The summed E-state index contributed by atoms with van der Waals surface area (Å²) >= 11 is 3.66. The first kappa shape index (κ1) is 13.9. The highest BCUT2D eigenvalue weighted by Gasteiger charge is 2.50. The quantitative estimate of drug-likeness (QED) is 0.785. The summed E-state index contributed by atoms with van der Waals surface area (Å²) < 4.78 is 0. The zero-order valence-electron chi connectivity index (χ0n) is 12.1. The molecule has 0 saturated heterocycles. The van der Waals surface area contributed by atoms with E-state index >= 15 is 0 Å². The maximum atomic E-state index is 12.5. The summed E-state index contributed by atoms with van der Waals surface area (Å²) in [6.07, 6.45) is 6.76. The molecule has 0 aromatic rings. The normalized spacial score (nSPS) is 41.6. The van der Waals surface area contributed by atoms with Gasteiger partial charge < -0.3 is 5.32 Å². The lowest BCUT2D eigenvalue weighted by Crippen LogP contribution is -2.51. The Hall–Kier alpha value is -0.0500. The van der Waals surface area contributed by atoms with Gasteiger partial charge in [0.2, 0.25) is 5.91 Å². The van der Waals surface area contributed by atoms with Gasteiger partial charge in [-0.25, -0.2) is 0 Å². The molecular weight excluding hydrogens is 302 g/mol. The molecule has 0 aromatic heterocycles. The standard InChI is InChI=1S/C16H26BrNO/c1-9(2)14(17)8-18-16(19)15-12-4-10-3-11(6-12)7-13(15)5-10/h9-15H,3-8H2,1-2H3,(H,18,19). The molecule has 2 nitrogen and oxygen atoms in total. The fraction of sp³-hybridized carbons (Fsp3) is 0.938. The molecule has 1 N–H and O–H groups in total. The molecule has 108 valence electrons. The third-order valence-electron chi connectivity index (χ3n) is 5.72. The van der Waals surface area contributed by atoms with Crippen molar-refractivity contribution in [3.63, 3.8) is 0 Å². The zero-order valence-corrected chi connectivity index (χ0v) is 13.7. The SMILES string of the molecule is CC(C)C(Br)CNC(=O)C1C2CC3CC(C2)CC1C3. The van der Waals surface area contributed by atoms with Crippen LogP contribution in [0.2, 0.25) is 0 Å². The fourth-order valence-electron chi connectivity index (χ4n) is 4.90. The number of rotatable bonds is 4. The number of amides is 1. The van der Waals surface area contributed by atoms with Crippen LogP contribution in [0.15, 0.2) is 0 Å². The highest BCUT2D eigenvalue weighted by molar-refractivity contribution is 9.09. The molecule has 0 aliphatic heterocycles. The summed E-state index contributed by atoms with van der Waals surface area (Å²) in [6.45, 7) is 5.15. The molecule has 1 atom stereocenters. The Morgan fingerprint density at radius 3 is 2.11 bits per heavy atom. The van der Waals surface area contributed by atoms with Crippen molar-refractivity contribution in [1.82, 2.24) is 5.32 Å². The lowest BCUT2D eigenvalue weighted by molar-refractivity contribution is -0.138. The predicted molar refractivity (Wildman–Crippen MR) is 81.1 cm³/mol. The van der Waals surface area contributed by atoms with Crippen LogP contribution in [0.3, 0.4) is 0 Å². The van der Waals surface area contributed by atoms with Gasteiger partial charge in [-0.05, 0) is 61.7 Å². The maximum absolute atomic E-state index is 12.5.